The Bertz CT molecular complexity index is 664. The molecular formula is C13H15N3O3. The number of aryl methyl sites for hydroxylation is 1. The number of amides is 1. The van der Waals surface area contributed by atoms with Crippen LogP contribution in [0.4, 0.5) is 0 Å². The van der Waals surface area contributed by atoms with Crippen LogP contribution >= 0.6 is 0 Å². The standard InChI is InChI=1S/C13H15N3O3/c1-3-19-15-12(17)8-11-9-6-4-5-7-10(9)13(18)16(2)14-11/h4-7H,3,8H2,1-2H3,(H,15,17). The van der Waals surface area contributed by atoms with Gasteiger partial charge in [0.1, 0.15) is 0 Å². The number of rotatable bonds is 4. The predicted molar refractivity (Wildman–Crippen MR) is 70.5 cm³/mol. The van der Waals surface area contributed by atoms with Crippen molar-refractivity contribution in [3.8, 4) is 0 Å². The lowest BCUT2D eigenvalue weighted by atomic mass is 10.1. The lowest BCUT2D eigenvalue weighted by molar-refractivity contribution is -0.132. The van der Waals surface area contributed by atoms with Crippen LogP contribution in [0.1, 0.15) is 12.6 Å². The van der Waals surface area contributed by atoms with E-state index in [1.54, 1.807) is 32.2 Å². The summed E-state index contributed by atoms with van der Waals surface area (Å²) < 4.78 is 1.24. The number of fused-ring (bicyclic) bond motifs is 1. The minimum atomic E-state index is -0.293. The number of carbonyl (C=O) groups is 1. The summed E-state index contributed by atoms with van der Waals surface area (Å²) in [4.78, 5) is 28.4. The Morgan fingerprint density at radius 3 is 2.74 bits per heavy atom. The Morgan fingerprint density at radius 2 is 2.05 bits per heavy atom. The van der Waals surface area contributed by atoms with Crippen LogP contribution in [0.25, 0.3) is 10.8 Å². The van der Waals surface area contributed by atoms with E-state index in [1.165, 1.54) is 4.68 Å². The molecular weight excluding hydrogens is 246 g/mol. The minimum absolute atomic E-state index is 0.0641. The molecule has 0 bridgehead atoms. The van der Waals surface area contributed by atoms with E-state index in [2.05, 4.69) is 10.6 Å². The summed E-state index contributed by atoms with van der Waals surface area (Å²) in [6, 6.07) is 7.11. The van der Waals surface area contributed by atoms with Crippen molar-refractivity contribution in [3.05, 3.63) is 40.3 Å². The zero-order valence-electron chi connectivity index (χ0n) is 10.8. The maximum Gasteiger partial charge on any atom is 0.274 e. The second-order valence-electron chi connectivity index (χ2n) is 4.06. The quantitative estimate of drug-likeness (QED) is 0.815. The molecule has 0 fully saturated rings. The first-order valence-corrected chi connectivity index (χ1v) is 5.99. The summed E-state index contributed by atoms with van der Waals surface area (Å²) >= 11 is 0. The summed E-state index contributed by atoms with van der Waals surface area (Å²) in [7, 11) is 1.57. The fraction of sp³-hybridized carbons (Fsp3) is 0.308. The Morgan fingerprint density at radius 1 is 1.37 bits per heavy atom. The third-order valence-corrected chi connectivity index (χ3v) is 2.69. The van der Waals surface area contributed by atoms with Gasteiger partial charge in [-0.15, -0.1) is 0 Å². The number of nitrogens with one attached hydrogen (secondary N) is 1. The number of aromatic nitrogens is 2. The molecule has 1 aromatic carbocycles. The van der Waals surface area contributed by atoms with Gasteiger partial charge in [-0.1, -0.05) is 18.2 Å². The smallest absolute Gasteiger partial charge is 0.274 e. The number of hydroxylamine groups is 1. The van der Waals surface area contributed by atoms with E-state index in [0.29, 0.717) is 23.1 Å². The molecule has 100 valence electrons. The van der Waals surface area contributed by atoms with Gasteiger partial charge in [0.15, 0.2) is 0 Å². The van der Waals surface area contributed by atoms with E-state index in [-0.39, 0.29) is 17.9 Å². The summed E-state index contributed by atoms with van der Waals surface area (Å²) in [5.74, 6) is -0.293. The van der Waals surface area contributed by atoms with Crippen LogP contribution in [-0.2, 0) is 23.1 Å². The van der Waals surface area contributed by atoms with Gasteiger partial charge < -0.3 is 0 Å². The van der Waals surface area contributed by atoms with Gasteiger partial charge >= 0.3 is 0 Å². The molecule has 0 aliphatic heterocycles. The molecule has 2 aromatic rings. The van der Waals surface area contributed by atoms with Crippen molar-refractivity contribution >= 4 is 16.7 Å². The largest absolute Gasteiger partial charge is 0.274 e. The van der Waals surface area contributed by atoms with Gasteiger partial charge in [0.05, 0.1) is 24.1 Å². The molecule has 0 radical (unpaired) electrons. The molecule has 19 heavy (non-hydrogen) atoms. The minimum Gasteiger partial charge on any atom is -0.274 e. The van der Waals surface area contributed by atoms with Gasteiger partial charge in [-0.05, 0) is 13.0 Å². The Balaban J connectivity index is 2.41. The van der Waals surface area contributed by atoms with Gasteiger partial charge in [0.25, 0.3) is 5.56 Å². The van der Waals surface area contributed by atoms with Gasteiger partial charge in [0.2, 0.25) is 5.91 Å². The highest BCUT2D eigenvalue weighted by Crippen LogP contribution is 2.13. The molecule has 0 unspecified atom stereocenters. The first-order valence-electron chi connectivity index (χ1n) is 5.99. The molecule has 6 nitrogen and oxygen atoms in total. The number of nitrogens with zero attached hydrogens (tertiary/aromatic N) is 2. The van der Waals surface area contributed by atoms with Crippen LogP contribution in [0.15, 0.2) is 29.1 Å². The fourth-order valence-electron chi connectivity index (χ4n) is 1.85. The number of hydrogen-bond acceptors (Lipinski definition) is 4. The Kier molecular flexibility index (Phi) is 3.91. The van der Waals surface area contributed by atoms with Crippen molar-refractivity contribution in [1.82, 2.24) is 15.3 Å². The maximum absolute atomic E-state index is 11.9. The molecule has 0 aliphatic carbocycles. The van der Waals surface area contributed by atoms with E-state index in [4.69, 9.17) is 4.84 Å². The zero-order valence-corrected chi connectivity index (χ0v) is 10.8. The van der Waals surface area contributed by atoms with E-state index >= 15 is 0 Å². The van der Waals surface area contributed by atoms with Crippen LogP contribution < -0.4 is 11.0 Å². The molecule has 1 heterocycles. The van der Waals surface area contributed by atoms with Gasteiger partial charge in [-0.2, -0.15) is 5.10 Å². The summed E-state index contributed by atoms with van der Waals surface area (Å²) in [6.45, 7) is 2.17. The van der Waals surface area contributed by atoms with Crippen molar-refractivity contribution < 1.29 is 9.63 Å². The second-order valence-corrected chi connectivity index (χ2v) is 4.06. The highest BCUT2D eigenvalue weighted by atomic mass is 16.6. The van der Waals surface area contributed by atoms with Crippen molar-refractivity contribution in [2.24, 2.45) is 7.05 Å². The van der Waals surface area contributed by atoms with E-state index in [1.807, 2.05) is 6.07 Å². The number of hydrogen-bond donors (Lipinski definition) is 1. The Labute approximate surface area is 109 Å². The molecule has 1 N–H and O–H groups in total. The molecule has 2 rings (SSSR count). The second kappa shape index (κ2) is 5.62. The maximum atomic E-state index is 11.9. The molecule has 6 heteroatoms. The van der Waals surface area contributed by atoms with Crippen molar-refractivity contribution in [2.75, 3.05) is 6.61 Å². The topological polar surface area (TPSA) is 73.2 Å². The highest BCUT2D eigenvalue weighted by Gasteiger charge is 2.11. The van der Waals surface area contributed by atoms with Crippen LogP contribution in [-0.4, -0.2) is 22.3 Å². The number of benzene rings is 1. The third kappa shape index (κ3) is 2.79. The predicted octanol–water partition coefficient (Wildman–Crippen LogP) is 0.544. The average Bonchev–Trinajstić information content (AvgIpc) is 2.42. The van der Waals surface area contributed by atoms with Gasteiger partial charge in [0, 0.05) is 12.4 Å². The van der Waals surface area contributed by atoms with Gasteiger partial charge in [-0.25, -0.2) is 10.2 Å². The highest BCUT2D eigenvalue weighted by molar-refractivity contribution is 5.88. The number of carbonyl (C=O) groups excluding carboxylic acids is 1. The monoisotopic (exact) mass is 261 g/mol. The zero-order chi connectivity index (χ0) is 13.8. The molecule has 0 spiro atoms. The molecule has 0 atom stereocenters. The molecule has 0 aliphatic rings. The first kappa shape index (κ1) is 13.2. The normalized spacial score (nSPS) is 10.6. The first-order chi connectivity index (χ1) is 9.13. The van der Waals surface area contributed by atoms with E-state index in [0.717, 1.165) is 0 Å². The molecule has 1 amide bonds. The van der Waals surface area contributed by atoms with Crippen LogP contribution in [0.2, 0.25) is 0 Å². The van der Waals surface area contributed by atoms with Crippen molar-refractivity contribution in [3.63, 3.8) is 0 Å². The fourth-order valence-corrected chi connectivity index (χ4v) is 1.85. The summed E-state index contributed by atoms with van der Waals surface area (Å²) in [5.41, 5.74) is 2.69. The van der Waals surface area contributed by atoms with Gasteiger partial charge in [-0.3, -0.25) is 14.4 Å². The average molecular weight is 261 g/mol. The van der Waals surface area contributed by atoms with Crippen molar-refractivity contribution in [1.29, 1.82) is 0 Å². The molecule has 0 saturated heterocycles. The molecule has 0 saturated carbocycles. The summed E-state index contributed by atoms with van der Waals surface area (Å²) in [6.07, 6.45) is 0.0641. The van der Waals surface area contributed by atoms with E-state index < -0.39 is 0 Å². The lowest BCUT2D eigenvalue weighted by Crippen LogP contribution is -2.28. The summed E-state index contributed by atoms with van der Waals surface area (Å²) in [5, 5.41) is 5.38. The van der Waals surface area contributed by atoms with Crippen LogP contribution in [0.5, 0.6) is 0 Å². The lowest BCUT2D eigenvalue weighted by Gasteiger charge is -2.08. The third-order valence-electron chi connectivity index (χ3n) is 2.69. The van der Waals surface area contributed by atoms with Crippen molar-refractivity contribution in [2.45, 2.75) is 13.3 Å². The SMILES string of the molecule is CCONC(=O)Cc1nn(C)c(=O)c2ccccc12. The van der Waals surface area contributed by atoms with Crippen LogP contribution in [0.3, 0.4) is 0 Å². The Hall–Kier alpha value is -2.21. The molecule has 1 aromatic heterocycles. The van der Waals surface area contributed by atoms with E-state index in [9.17, 15) is 9.59 Å². The van der Waals surface area contributed by atoms with Crippen LogP contribution in [0, 0.1) is 0 Å².